The van der Waals surface area contributed by atoms with Gasteiger partial charge in [-0.25, -0.2) is 4.68 Å². The highest BCUT2D eigenvalue weighted by Crippen LogP contribution is 2.20. The summed E-state index contributed by atoms with van der Waals surface area (Å²) in [6.45, 7) is 3.78. The van der Waals surface area contributed by atoms with Crippen LogP contribution in [0.4, 0.5) is 5.95 Å². The van der Waals surface area contributed by atoms with E-state index in [9.17, 15) is 0 Å². The number of aromatic nitrogens is 3. The number of hydrogen-bond acceptors (Lipinski definition) is 4. The predicted octanol–water partition coefficient (Wildman–Crippen LogP) is 0.279. The molecule has 0 radical (unpaired) electrons. The van der Waals surface area contributed by atoms with E-state index in [0.29, 0.717) is 11.8 Å². The third kappa shape index (κ3) is 1.40. The van der Waals surface area contributed by atoms with Gasteiger partial charge in [0.25, 0.3) is 0 Å². The Morgan fingerprint density at radius 1 is 1.50 bits per heavy atom. The van der Waals surface area contributed by atoms with Crippen molar-refractivity contribution in [2.24, 2.45) is 7.05 Å². The van der Waals surface area contributed by atoms with Gasteiger partial charge in [-0.1, -0.05) is 0 Å². The van der Waals surface area contributed by atoms with Crippen molar-refractivity contribution in [2.75, 3.05) is 12.8 Å². The first-order valence-corrected chi connectivity index (χ1v) is 3.69. The predicted molar refractivity (Wildman–Crippen MR) is 45.5 cm³/mol. The lowest BCUT2D eigenvalue weighted by molar-refractivity contribution is 0.0115. The zero-order chi connectivity index (χ0) is 9.35. The van der Waals surface area contributed by atoms with Gasteiger partial charge < -0.3 is 10.5 Å². The first-order chi connectivity index (χ1) is 5.47. The Labute approximate surface area is 71.5 Å². The molecule has 0 spiro atoms. The van der Waals surface area contributed by atoms with Gasteiger partial charge in [-0.3, -0.25) is 0 Å². The molecule has 0 fully saturated rings. The number of nitrogens with zero attached hydrogens (tertiary/aromatic N) is 3. The van der Waals surface area contributed by atoms with Crippen LogP contribution in [0.5, 0.6) is 0 Å². The molecule has 5 heteroatoms. The Morgan fingerprint density at radius 2 is 2.08 bits per heavy atom. The van der Waals surface area contributed by atoms with Crippen LogP contribution in [0.3, 0.4) is 0 Å². The number of nitrogens with two attached hydrogens (primary N) is 1. The Hall–Kier alpha value is -1.10. The van der Waals surface area contributed by atoms with Crippen LogP contribution < -0.4 is 5.73 Å². The van der Waals surface area contributed by atoms with E-state index in [2.05, 4.69) is 10.1 Å². The monoisotopic (exact) mass is 170 g/mol. The largest absolute Gasteiger partial charge is 0.371 e. The smallest absolute Gasteiger partial charge is 0.218 e. The minimum absolute atomic E-state index is 0.398. The molecule has 0 unspecified atom stereocenters. The lowest BCUT2D eigenvalue weighted by atomic mass is 10.1. The van der Waals surface area contributed by atoms with E-state index in [-0.39, 0.29) is 0 Å². The van der Waals surface area contributed by atoms with E-state index in [1.807, 2.05) is 13.8 Å². The zero-order valence-corrected chi connectivity index (χ0v) is 7.83. The number of aryl methyl sites for hydroxylation is 1. The zero-order valence-electron chi connectivity index (χ0n) is 7.83. The van der Waals surface area contributed by atoms with Crippen molar-refractivity contribution in [1.29, 1.82) is 0 Å². The van der Waals surface area contributed by atoms with E-state index in [1.165, 1.54) is 4.68 Å². The molecule has 0 saturated carbocycles. The van der Waals surface area contributed by atoms with Gasteiger partial charge in [0.05, 0.1) is 0 Å². The summed E-state index contributed by atoms with van der Waals surface area (Å²) in [4.78, 5) is 4.06. The van der Waals surface area contributed by atoms with Crippen LogP contribution in [0.2, 0.25) is 0 Å². The van der Waals surface area contributed by atoms with Crippen molar-refractivity contribution >= 4 is 5.95 Å². The molecule has 0 aliphatic carbocycles. The second-order valence-corrected chi connectivity index (χ2v) is 3.13. The second-order valence-electron chi connectivity index (χ2n) is 3.13. The van der Waals surface area contributed by atoms with Crippen LogP contribution in [0.15, 0.2) is 0 Å². The molecule has 12 heavy (non-hydrogen) atoms. The van der Waals surface area contributed by atoms with Crippen LogP contribution in [-0.2, 0) is 17.4 Å². The first-order valence-electron chi connectivity index (χ1n) is 3.69. The molecule has 2 N–H and O–H groups in total. The highest BCUT2D eigenvalue weighted by Gasteiger charge is 2.25. The van der Waals surface area contributed by atoms with E-state index in [1.54, 1.807) is 14.2 Å². The van der Waals surface area contributed by atoms with Crippen LogP contribution in [0, 0.1) is 0 Å². The summed E-state index contributed by atoms with van der Waals surface area (Å²) in [5.41, 5.74) is 5.05. The molecule has 0 atom stereocenters. The number of rotatable bonds is 2. The summed E-state index contributed by atoms with van der Waals surface area (Å²) in [6.07, 6.45) is 0. The maximum absolute atomic E-state index is 5.53. The average Bonchev–Trinajstić information content (AvgIpc) is 2.33. The van der Waals surface area contributed by atoms with Crippen LogP contribution >= 0.6 is 0 Å². The standard InChI is InChI=1S/C7H14N4O/c1-7(2,12-4)5-9-6(8)11(3)10-5/h1-4H3,(H2,8,9,10). The molecular weight excluding hydrogens is 156 g/mol. The van der Waals surface area contributed by atoms with Gasteiger partial charge in [0, 0.05) is 14.2 Å². The van der Waals surface area contributed by atoms with Gasteiger partial charge >= 0.3 is 0 Å². The normalized spacial score (nSPS) is 12.0. The van der Waals surface area contributed by atoms with E-state index < -0.39 is 5.60 Å². The molecule has 1 rings (SSSR count). The quantitative estimate of drug-likeness (QED) is 0.692. The van der Waals surface area contributed by atoms with Crippen LogP contribution in [-0.4, -0.2) is 21.9 Å². The van der Waals surface area contributed by atoms with E-state index in [4.69, 9.17) is 10.5 Å². The average molecular weight is 170 g/mol. The van der Waals surface area contributed by atoms with Gasteiger partial charge in [0.15, 0.2) is 5.82 Å². The summed E-state index contributed by atoms with van der Waals surface area (Å²) >= 11 is 0. The second kappa shape index (κ2) is 2.75. The number of anilines is 1. The lowest BCUT2D eigenvalue weighted by Gasteiger charge is -2.17. The lowest BCUT2D eigenvalue weighted by Crippen LogP contribution is -2.21. The van der Waals surface area contributed by atoms with Gasteiger partial charge in [0.1, 0.15) is 5.60 Å². The van der Waals surface area contributed by atoms with Crippen molar-refractivity contribution in [2.45, 2.75) is 19.4 Å². The molecule has 0 aromatic carbocycles. The highest BCUT2D eigenvalue weighted by molar-refractivity contribution is 5.17. The van der Waals surface area contributed by atoms with Crippen molar-refractivity contribution in [3.8, 4) is 0 Å². The SMILES string of the molecule is COC(C)(C)c1nc(N)n(C)n1. The molecule has 1 aromatic rings. The fourth-order valence-electron chi connectivity index (χ4n) is 0.743. The molecule has 5 nitrogen and oxygen atoms in total. The fraction of sp³-hybridized carbons (Fsp3) is 0.714. The Balaban J connectivity index is 3.04. The van der Waals surface area contributed by atoms with Crippen molar-refractivity contribution in [1.82, 2.24) is 14.8 Å². The van der Waals surface area contributed by atoms with Gasteiger partial charge in [-0.05, 0) is 13.8 Å². The topological polar surface area (TPSA) is 66.0 Å². The number of hydrogen-bond donors (Lipinski definition) is 1. The minimum Gasteiger partial charge on any atom is -0.371 e. The summed E-state index contributed by atoms with van der Waals surface area (Å²) in [5.74, 6) is 1.00. The number of nitrogen functional groups attached to an aromatic ring is 1. The number of methoxy groups -OCH3 is 1. The van der Waals surface area contributed by atoms with Crippen molar-refractivity contribution in [3.05, 3.63) is 5.82 Å². The molecule has 0 saturated heterocycles. The molecule has 68 valence electrons. The maximum atomic E-state index is 5.53. The third-order valence-electron chi connectivity index (χ3n) is 1.85. The molecule has 1 aromatic heterocycles. The Bertz CT molecular complexity index is 259. The molecule has 0 bridgehead atoms. The Kier molecular flexibility index (Phi) is 2.06. The van der Waals surface area contributed by atoms with Crippen molar-refractivity contribution < 1.29 is 4.74 Å². The van der Waals surface area contributed by atoms with Crippen LogP contribution in [0.25, 0.3) is 0 Å². The molecule has 0 amide bonds. The summed E-state index contributed by atoms with van der Waals surface area (Å²) in [7, 11) is 3.37. The van der Waals surface area contributed by atoms with Gasteiger partial charge in [0.2, 0.25) is 5.95 Å². The Morgan fingerprint density at radius 3 is 2.42 bits per heavy atom. The fourth-order valence-corrected chi connectivity index (χ4v) is 0.743. The van der Waals surface area contributed by atoms with Gasteiger partial charge in [-0.15, -0.1) is 0 Å². The molecular formula is C7H14N4O. The number of ether oxygens (including phenoxy) is 1. The highest BCUT2D eigenvalue weighted by atomic mass is 16.5. The van der Waals surface area contributed by atoms with E-state index >= 15 is 0 Å². The molecule has 0 aliphatic rings. The van der Waals surface area contributed by atoms with Crippen molar-refractivity contribution in [3.63, 3.8) is 0 Å². The van der Waals surface area contributed by atoms with Gasteiger partial charge in [-0.2, -0.15) is 10.1 Å². The summed E-state index contributed by atoms with van der Waals surface area (Å²) < 4.78 is 6.72. The van der Waals surface area contributed by atoms with Crippen LogP contribution in [0.1, 0.15) is 19.7 Å². The summed E-state index contributed by atoms with van der Waals surface area (Å²) in [5, 5.41) is 4.11. The third-order valence-corrected chi connectivity index (χ3v) is 1.85. The van der Waals surface area contributed by atoms with E-state index in [0.717, 1.165) is 0 Å². The summed E-state index contributed by atoms with van der Waals surface area (Å²) in [6, 6.07) is 0. The maximum Gasteiger partial charge on any atom is 0.218 e. The molecule has 0 aliphatic heterocycles. The first kappa shape index (κ1) is 8.99. The minimum atomic E-state index is -0.477. The molecule has 1 heterocycles.